The molecule has 2 aromatic carbocycles. The highest BCUT2D eigenvalue weighted by Gasteiger charge is 2.17. The van der Waals surface area contributed by atoms with Crippen LogP contribution in [0.4, 0.5) is 5.69 Å². The van der Waals surface area contributed by atoms with Crippen LogP contribution in [-0.4, -0.2) is 28.2 Å². The molecule has 0 fully saturated rings. The minimum atomic E-state index is -0.145. The van der Waals surface area contributed by atoms with Crippen LogP contribution in [0.5, 0.6) is 11.5 Å². The van der Waals surface area contributed by atoms with Crippen LogP contribution in [0.3, 0.4) is 0 Å². The minimum Gasteiger partial charge on any atom is -0.486 e. The second-order valence-electron chi connectivity index (χ2n) is 7.94. The average Bonchev–Trinajstić information content (AvgIpc) is 3.32. The Kier molecular flexibility index (Phi) is 6.02. The Morgan fingerprint density at radius 2 is 1.85 bits per heavy atom. The number of hydrogen-bond donors (Lipinski definition) is 2. The molecule has 0 spiro atoms. The molecule has 168 valence electrons. The zero-order valence-electron chi connectivity index (χ0n) is 18.1. The largest absolute Gasteiger partial charge is 0.486 e. The van der Waals surface area contributed by atoms with E-state index in [-0.39, 0.29) is 5.56 Å². The number of benzene rings is 2. The summed E-state index contributed by atoms with van der Waals surface area (Å²) in [5, 5.41) is 6.81. The van der Waals surface area contributed by atoms with E-state index in [2.05, 4.69) is 16.4 Å². The lowest BCUT2D eigenvalue weighted by Crippen LogP contribution is -2.35. The van der Waals surface area contributed by atoms with Gasteiger partial charge in [0.15, 0.2) is 16.6 Å². The molecule has 0 unspecified atom stereocenters. The Morgan fingerprint density at radius 3 is 2.58 bits per heavy atom. The van der Waals surface area contributed by atoms with E-state index < -0.39 is 0 Å². The van der Waals surface area contributed by atoms with Crippen molar-refractivity contribution < 1.29 is 9.47 Å². The van der Waals surface area contributed by atoms with Gasteiger partial charge in [0.05, 0.1) is 18.6 Å². The van der Waals surface area contributed by atoms with Gasteiger partial charge in [0.2, 0.25) is 0 Å². The van der Waals surface area contributed by atoms with Crippen molar-refractivity contribution in [2.45, 2.75) is 20.0 Å². The van der Waals surface area contributed by atoms with Gasteiger partial charge in [-0.05, 0) is 54.9 Å². The zero-order valence-corrected chi connectivity index (χ0v) is 19.7. The predicted octanol–water partition coefficient (Wildman–Crippen LogP) is 5.07. The number of aryl methyl sites for hydroxylation is 1. The molecule has 6 nitrogen and oxygen atoms in total. The first-order valence-corrected chi connectivity index (χ1v) is 11.9. The van der Waals surface area contributed by atoms with Crippen molar-refractivity contribution in [2.24, 2.45) is 0 Å². The van der Waals surface area contributed by atoms with E-state index >= 15 is 0 Å². The number of anilines is 1. The van der Waals surface area contributed by atoms with Crippen LogP contribution in [0.15, 0.2) is 64.8 Å². The lowest BCUT2D eigenvalue weighted by molar-refractivity contribution is 0.172. The molecule has 0 radical (unpaired) electrons. The number of nitrogens with zero attached hydrogens (tertiary/aromatic N) is 1. The molecule has 0 atom stereocenters. The Labute approximate surface area is 200 Å². The molecule has 1 aliphatic rings. The van der Waals surface area contributed by atoms with Crippen molar-refractivity contribution in [1.29, 1.82) is 0 Å². The summed E-state index contributed by atoms with van der Waals surface area (Å²) in [5.74, 6) is 1.35. The first-order chi connectivity index (χ1) is 16.0. The van der Waals surface area contributed by atoms with Crippen molar-refractivity contribution in [2.75, 3.05) is 18.5 Å². The maximum Gasteiger partial charge on any atom is 0.253 e. The van der Waals surface area contributed by atoms with Crippen LogP contribution in [0.1, 0.15) is 16.0 Å². The third-order valence-corrected chi connectivity index (χ3v) is 6.68. The second kappa shape index (κ2) is 9.25. The van der Waals surface area contributed by atoms with Crippen LogP contribution in [0, 0.1) is 6.92 Å². The monoisotopic (exact) mass is 477 g/mol. The standard InChI is InChI=1S/C25H23N3O3S2/c1-16-4-6-19(7-5-16)26-25(32)28(15-20-3-2-10-33-20)14-18-11-17-12-22-23(31-9-8-30-22)13-21(17)27-24(18)29/h2-7,10-13H,8-9,14-15H2,1H3,(H,26,32)(H,27,29). The lowest BCUT2D eigenvalue weighted by Gasteiger charge is -2.25. The fourth-order valence-corrected chi connectivity index (χ4v) is 4.71. The van der Waals surface area contributed by atoms with E-state index in [1.54, 1.807) is 11.3 Å². The number of rotatable bonds is 5. The summed E-state index contributed by atoms with van der Waals surface area (Å²) in [6, 6.07) is 17.8. The second-order valence-corrected chi connectivity index (χ2v) is 9.36. The number of pyridine rings is 1. The van der Waals surface area contributed by atoms with Gasteiger partial charge in [0.1, 0.15) is 13.2 Å². The van der Waals surface area contributed by atoms with Crippen LogP contribution in [-0.2, 0) is 13.1 Å². The maximum atomic E-state index is 12.9. The van der Waals surface area contributed by atoms with Gasteiger partial charge in [0.25, 0.3) is 5.56 Å². The predicted molar refractivity (Wildman–Crippen MR) is 137 cm³/mol. The van der Waals surface area contributed by atoms with Crippen LogP contribution in [0.2, 0.25) is 0 Å². The highest BCUT2D eigenvalue weighted by Crippen LogP contribution is 2.33. The van der Waals surface area contributed by atoms with Crippen molar-refractivity contribution >= 4 is 45.3 Å². The van der Waals surface area contributed by atoms with Gasteiger partial charge in [-0.1, -0.05) is 23.8 Å². The summed E-state index contributed by atoms with van der Waals surface area (Å²) >= 11 is 7.42. The maximum absolute atomic E-state index is 12.9. The van der Waals surface area contributed by atoms with E-state index in [4.69, 9.17) is 21.7 Å². The average molecular weight is 478 g/mol. The number of thiophene rings is 1. The minimum absolute atomic E-state index is 0.145. The number of aromatic nitrogens is 1. The third kappa shape index (κ3) is 4.86. The molecular formula is C25H23N3O3S2. The molecule has 1 aliphatic heterocycles. The van der Waals surface area contributed by atoms with Gasteiger partial charge in [-0.25, -0.2) is 0 Å². The SMILES string of the molecule is Cc1ccc(NC(=S)N(Cc2cccs2)Cc2cc3cc4c(cc3[nH]c2=O)OCCO4)cc1. The van der Waals surface area contributed by atoms with Crippen LogP contribution < -0.4 is 20.3 Å². The van der Waals surface area contributed by atoms with Crippen molar-refractivity contribution in [3.05, 3.63) is 86.3 Å². The molecule has 0 saturated carbocycles. The fraction of sp³-hybridized carbons (Fsp3) is 0.200. The van der Waals surface area contributed by atoms with E-state index in [0.29, 0.717) is 48.5 Å². The summed E-state index contributed by atoms with van der Waals surface area (Å²) in [4.78, 5) is 19.1. The molecule has 0 amide bonds. The molecule has 33 heavy (non-hydrogen) atoms. The molecule has 8 heteroatoms. The summed E-state index contributed by atoms with van der Waals surface area (Å²) < 4.78 is 11.3. The number of nitrogens with one attached hydrogen (secondary N) is 2. The first-order valence-electron chi connectivity index (χ1n) is 10.7. The molecule has 2 aromatic heterocycles. The van der Waals surface area contributed by atoms with Crippen molar-refractivity contribution in [3.8, 4) is 11.5 Å². The quantitative estimate of drug-likeness (QED) is 0.391. The van der Waals surface area contributed by atoms with Crippen LogP contribution >= 0.6 is 23.6 Å². The fourth-order valence-electron chi connectivity index (χ4n) is 3.74. The molecule has 2 N–H and O–H groups in total. The van der Waals surface area contributed by atoms with E-state index in [9.17, 15) is 4.79 Å². The lowest BCUT2D eigenvalue weighted by atomic mass is 10.1. The number of aromatic amines is 1. The number of hydrogen-bond acceptors (Lipinski definition) is 5. The Hall–Kier alpha value is -3.36. The number of H-pyrrole nitrogens is 1. The summed E-state index contributed by atoms with van der Waals surface area (Å²) in [6.07, 6.45) is 0. The van der Waals surface area contributed by atoms with Gasteiger partial charge in [-0.15, -0.1) is 11.3 Å². The van der Waals surface area contributed by atoms with Gasteiger partial charge in [0, 0.05) is 27.6 Å². The number of thiocarbonyl (C=S) groups is 1. The Morgan fingerprint density at radius 1 is 1.09 bits per heavy atom. The molecule has 3 heterocycles. The summed E-state index contributed by atoms with van der Waals surface area (Å²) in [7, 11) is 0. The highest BCUT2D eigenvalue weighted by molar-refractivity contribution is 7.80. The van der Waals surface area contributed by atoms with Crippen molar-refractivity contribution in [3.63, 3.8) is 0 Å². The molecule has 4 aromatic rings. The first kappa shape index (κ1) is 21.5. The molecule has 0 saturated heterocycles. The third-order valence-electron chi connectivity index (χ3n) is 5.46. The molecule has 0 aliphatic carbocycles. The molecular weight excluding hydrogens is 454 g/mol. The Balaban J connectivity index is 1.44. The normalized spacial score (nSPS) is 12.5. The van der Waals surface area contributed by atoms with Crippen molar-refractivity contribution in [1.82, 2.24) is 9.88 Å². The summed E-state index contributed by atoms with van der Waals surface area (Å²) in [6.45, 7) is 4.04. The topological polar surface area (TPSA) is 66.6 Å². The smallest absolute Gasteiger partial charge is 0.253 e. The molecule has 0 bridgehead atoms. The van der Waals surface area contributed by atoms with Gasteiger partial charge in [-0.2, -0.15) is 0 Å². The van der Waals surface area contributed by atoms with Gasteiger partial charge >= 0.3 is 0 Å². The van der Waals surface area contributed by atoms with E-state index in [1.165, 1.54) is 10.4 Å². The number of fused-ring (bicyclic) bond motifs is 2. The molecule has 5 rings (SSSR count). The van der Waals surface area contributed by atoms with Crippen LogP contribution in [0.25, 0.3) is 10.9 Å². The van der Waals surface area contributed by atoms with E-state index in [1.807, 2.05) is 65.7 Å². The number of ether oxygens (including phenoxy) is 2. The highest BCUT2D eigenvalue weighted by atomic mass is 32.1. The van der Waals surface area contributed by atoms with E-state index in [0.717, 1.165) is 16.6 Å². The zero-order chi connectivity index (χ0) is 22.8. The summed E-state index contributed by atoms with van der Waals surface area (Å²) in [5.41, 5.74) is 3.30. The van der Waals surface area contributed by atoms with Gasteiger partial charge in [-0.3, -0.25) is 4.79 Å². The Bertz CT molecular complexity index is 1350. The van der Waals surface area contributed by atoms with Gasteiger partial charge < -0.3 is 24.7 Å².